The van der Waals surface area contributed by atoms with Gasteiger partial charge >= 0.3 is 0 Å². The van der Waals surface area contributed by atoms with Gasteiger partial charge in [0, 0.05) is 24.3 Å². The Labute approximate surface area is 205 Å². The van der Waals surface area contributed by atoms with Gasteiger partial charge in [0.1, 0.15) is 11.4 Å². The fraction of sp³-hybridized carbons (Fsp3) is 0.320. The molecule has 0 bridgehead atoms. The van der Waals surface area contributed by atoms with Gasteiger partial charge in [0.2, 0.25) is 15.9 Å². The number of thioether (sulfide) groups is 1. The van der Waals surface area contributed by atoms with Crippen LogP contribution in [0.2, 0.25) is 0 Å². The van der Waals surface area contributed by atoms with E-state index in [1.54, 1.807) is 28.6 Å². The van der Waals surface area contributed by atoms with Crippen LogP contribution < -0.4 is 5.32 Å². The smallest absolute Gasteiger partial charge is 0.243 e. The zero-order valence-corrected chi connectivity index (χ0v) is 20.7. The minimum absolute atomic E-state index is 0.154. The molecule has 0 spiro atoms. The number of hydrogen-bond donors (Lipinski definition) is 1. The molecule has 0 aliphatic carbocycles. The average Bonchev–Trinajstić information content (AvgIpc) is 2.89. The molecule has 0 radical (unpaired) electrons. The summed E-state index contributed by atoms with van der Waals surface area (Å²) in [5.41, 5.74) is 2.36. The first-order chi connectivity index (χ1) is 16.5. The average molecular weight is 497 g/mol. The molecule has 7 nitrogen and oxygen atoms in total. The van der Waals surface area contributed by atoms with Gasteiger partial charge in [-0.3, -0.25) is 4.79 Å². The van der Waals surface area contributed by atoms with Crippen molar-refractivity contribution in [3.8, 4) is 11.3 Å². The molecule has 34 heavy (non-hydrogen) atoms. The number of nitrogens with one attached hydrogen (secondary N) is 1. The third kappa shape index (κ3) is 5.84. The highest BCUT2D eigenvalue weighted by atomic mass is 32.2. The quantitative estimate of drug-likeness (QED) is 0.355. The lowest BCUT2D eigenvalue weighted by atomic mass is 10.1. The molecule has 1 amide bonds. The number of amides is 1. The van der Waals surface area contributed by atoms with Crippen molar-refractivity contribution in [2.24, 2.45) is 0 Å². The topological polar surface area (TPSA) is 92.3 Å². The van der Waals surface area contributed by atoms with Crippen LogP contribution in [0.5, 0.6) is 0 Å². The lowest BCUT2D eigenvalue weighted by molar-refractivity contribution is -0.115. The fourth-order valence-corrected chi connectivity index (χ4v) is 6.25. The van der Waals surface area contributed by atoms with Crippen LogP contribution in [-0.4, -0.2) is 46.9 Å². The van der Waals surface area contributed by atoms with Gasteiger partial charge in [-0.15, -0.1) is 0 Å². The molecule has 4 rings (SSSR count). The molecule has 178 valence electrons. The van der Waals surface area contributed by atoms with Gasteiger partial charge in [0.05, 0.1) is 15.8 Å². The predicted molar refractivity (Wildman–Crippen MR) is 135 cm³/mol. The normalized spacial score (nSPS) is 15.6. The second kappa shape index (κ2) is 11.1. The molecule has 1 saturated heterocycles. The third-order valence-corrected chi connectivity index (χ3v) is 8.92. The number of carbonyl (C=O) groups is 1. The third-order valence-electron chi connectivity index (χ3n) is 5.71. The van der Waals surface area contributed by atoms with E-state index in [4.69, 9.17) is 0 Å². The van der Waals surface area contributed by atoms with Gasteiger partial charge in [0.25, 0.3) is 0 Å². The number of aromatic nitrogens is 2. The molecule has 9 heteroatoms. The summed E-state index contributed by atoms with van der Waals surface area (Å²) >= 11 is 1.39. The predicted octanol–water partition coefficient (Wildman–Crippen LogP) is 4.83. The summed E-state index contributed by atoms with van der Waals surface area (Å²) in [7, 11) is -3.49. The second-order valence-electron chi connectivity index (χ2n) is 8.10. The summed E-state index contributed by atoms with van der Waals surface area (Å²) in [4.78, 5) is 21.8. The summed E-state index contributed by atoms with van der Waals surface area (Å²) in [6, 6.07) is 18.1. The highest BCUT2D eigenvalue weighted by Crippen LogP contribution is 2.28. The lowest BCUT2D eigenvalue weighted by Crippen LogP contribution is -2.35. The number of carbonyl (C=O) groups excluding carboxylic acids is 1. The molecule has 1 aromatic heterocycles. The summed E-state index contributed by atoms with van der Waals surface area (Å²) < 4.78 is 27.2. The number of hydrogen-bond acceptors (Lipinski definition) is 6. The van der Waals surface area contributed by atoms with Gasteiger partial charge in [0.15, 0.2) is 0 Å². The molecule has 1 atom stereocenters. The van der Waals surface area contributed by atoms with Crippen molar-refractivity contribution in [3.05, 3.63) is 67.0 Å². The Balaban J connectivity index is 1.41. The van der Waals surface area contributed by atoms with Crippen LogP contribution in [0, 0.1) is 0 Å². The molecular formula is C25H28N4O3S2. The van der Waals surface area contributed by atoms with Crippen LogP contribution in [0.15, 0.2) is 76.9 Å². The zero-order valence-electron chi connectivity index (χ0n) is 19.1. The molecule has 1 N–H and O–H groups in total. The van der Waals surface area contributed by atoms with E-state index in [0.29, 0.717) is 25.2 Å². The SMILES string of the molecule is CCC(Sc1cc(-c2ccccc2)ncn1)C(=O)Nc1ccc(S(=O)(=O)N2CCCCC2)cc1. The Bertz CT molecular complexity index is 1210. The molecule has 3 aromatic rings. The number of sulfonamides is 1. The minimum atomic E-state index is -3.49. The first kappa shape index (κ1) is 24.4. The van der Waals surface area contributed by atoms with Gasteiger partial charge in [-0.1, -0.05) is 55.4 Å². The highest BCUT2D eigenvalue weighted by Gasteiger charge is 2.26. The van der Waals surface area contributed by atoms with Crippen LogP contribution in [-0.2, 0) is 14.8 Å². The number of piperidine rings is 1. The maximum absolute atomic E-state index is 12.9. The van der Waals surface area contributed by atoms with E-state index in [2.05, 4.69) is 15.3 Å². The van der Waals surface area contributed by atoms with E-state index in [9.17, 15) is 13.2 Å². The van der Waals surface area contributed by atoms with E-state index < -0.39 is 10.0 Å². The molecule has 2 heterocycles. The summed E-state index contributed by atoms with van der Waals surface area (Å²) in [5.74, 6) is -0.154. The molecule has 1 fully saturated rings. The van der Waals surface area contributed by atoms with Crippen molar-refractivity contribution in [2.75, 3.05) is 18.4 Å². The van der Waals surface area contributed by atoms with Crippen LogP contribution in [0.1, 0.15) is 32.6 Å². The Morgan fingerprint density at radius 3 is 2.41 bits per heavy atom. The number of benzene rings is 2. The van der Waals surface area contributed by atoms with E-state index in [1.807, 2.05) is 43.3 Å². The maximum Gasteiger partial charge on any atom is 0.243 e. The number of anilines is 1. The Kier molecular flexibility index (Phi) is 7.97. The van der Waals surface area contributed by atoms with Crippen molar-refractivity contribution in [1.82, 2.24) is 14.3 Å². The summed E-state index contributed by atoms with van der Waals surface area (Å²) in [6.07, 6.45) is 4.97. The zero-order chi connectivity index (χ0) is 24.0. The van der Waals surface area contributed by atoms with Crippen LogP contribution in [0.3, 0.4) is 0 Å². The van der Waals surface area contributed by atoms with Gasteiger partial charge in [-0.25, -0.2) is 18.4 Å². The highest BCUT2D eigenvalue weighted by molar-refractivity contribution is 8.00. The fourth-order valence-electron chi connectivity index (χ4n) is 3.83. The Morgan fingerprint density at radius 2 is 1.74 bits per heavy atom. The van der Waals surface area contributed by atoms with E-state index in [0.717, 1.165) is 35.5 Å². The van der Waals surface area contributed by atoms with Crippen molar-refractivity contribution in [1.29, 1.82) is 0 Å². The van der Waals surface area contributed by atoms with Crippen molar-refractivity contribution < 1.29 is 13.2 Å². The molecule has 1 aliphatic rings. The monoisotopic (exact) mass is 496 g/mol. The van der Waals surface area contributed by atoms with Crippen molar-refractivity contribution in [3.63, 3.8) is 0 Å². The molecule has 1 unspecified atom stereocenters. The Hall–Kier alpha value is -2.75. The van der Waals surface area contributed by atoms with Crippen LogP contribution in [0.4, 0.5) is 5.69 Å². The van der Waals surface area contributed by atoms with Gasteiger partial charge in [-0.05, 0) is 49.6 Å². The van der Waals surface area contributed by atoms with Gasteiger partial charge < -0.3 is 5.32 Å². The minimum Gasteiger partial charge on any atom is -0.325 e. The molecular weight excluding hydrogens is 468 g/mol. The largest absolute Gasteiger partial charge is 0.325 e. The Morgan fingerprint density at radius 1 is 1.03 bits per heavy atom. The maximum atomic E-state index is 12.9. The standard InChI is InChI=1S/C25H28N4O3S2/c1-2-23(33-24-17-22(26-18-27-24)19-9-5-3-6-10-19)25(30)28-20-11-13-21(14-12-20)34(31,32)29-15-7-4-8-16-29/h3,5-6,9-14,17-18,23H,2,4,7-8,15-16H2,1H3,(H,28,30). The molecule has 0 saturated carbocycles. The van der Waals surface area contributed by atoms with Crippen molar-refractivity contribution >= 4 is 33.4 Å². The molecule has 2 aromatic carbocycles. The number of nitrogens with zero attached hydrogens (tertiary/aromatic N) is 3. The lowest BCUT2D eigenvalue weighted by Gasteiger charge is -2.25. The summed E-state index contributed by atoms with van der Waals surface area (Å²) in [6.45, 7) is 3.07. The summed E-state index contributed by atoms with van der Waals surface area (Å²) in [5, 5.41) is 3.28. The van der Waals surface area contributed by atoms with Gasteiger partial charge in [-0.2, -0.15) is 4.31 Å². The van der Waals surface area contributed by atoms with E-state index >= 15 is 0 Å². The first-order valence-corrected chi connectivity index (χ1v) is 13.7. The molecule has 1 aliphatic heterocycles. The first-order valence-electron chi connectivity index (χ1n) is 11.4. The second-order valence-corrected chi connectivity index (χ2v) is 11.3. The van der Waals surface area contributed by atoms with Crippen LogP contribution in [0.25, 0.3) is 11.3 Å². The van der Waals surface area contributed by atoms with Crippen molar-refractivity contribution in [2.45, 2.75) is 47.8 Å². The van der Waals surface area contributed by atoms with Crippen LogP contribution >= 0.6 is 11.8 Å². The van der Waals surface area contributed by atoms with E-state index in [-0.39, 0.29) is 16.1 Å². The number of rotatable bonds is 8. The van der Waals surface area contributed by atoms with E-state index in [1.165, 1.54) is 18.1 Å².